The van der Waals surface area contributed by atoms with E-state index in [1.165, 1.54) is 71.1 Å². The van der Waals surface area contributed by atoms with Gasteiger partial charge in [0.05, 0.1) is 0 Å². The molecule has 2 aliphatic rings. The summed E-state index contributed by atoms with van der Waals surface area (Å²) in [7, 11) is 4.52. The molecule has 0 spiro atoms. The van der Waals surface area contributed by atoms with Gasteiger partial charge in [-0.1, -0.05) is 19.3 Å². The smallest absolute Gasteiger partial charge is 0.0327 e. The first-order chi connectivity index (χ1) is 8.73. The summed E-state index contributed by atoms with van der Waals surface area (Å²) in [5, 5.41) is 7.27. The van der Waals surface area contributed by atoms with E-state index in [2.05, 4.69) is 29.6 Å². The molecule has 0 radical (unpaired) electrons. The van der Waals surface area contributed by atoms with Crippen molar-refractivity contribution in [3.63, 3.8) is 0 Å². The molecular weight excluding hydrogens is 293 g/mol. The Bertz CT molecular complexity index is 237. The number of halogens is 2. The third kappa shape index (κ3) is 5.69. The van der Waals surface area contributed by atoms with Crippen molar-refractivity contribution in [2.45, 2.75) is 50.5 Å². The summed E-state index contributed by atoms with van der Waals surface area (Å²) in [4.78, 5) is 2.47. The van der Waals surface area contributed by atoms with Gasteiger partial charge in [0.25, 0.3) is 0 Å². The maximum Gasteiger partial charge on any atom is 0.0327 e. The van der Waals surface area contributed by atoms with Gasteiger partial charge >= 0.3 is 0 Å². The van der Waals surface area contributed by atoms with Crippen LogP contribution in [-0.4, -0.2) is 50.7 Å². The number of nitrogens with one attached hydrogen (secondary N) is 2. The van der Waals surface area contributed by atoms with E-state index >= 15 is 0 Å². The second-order valence-electron chi connectivity index (χ2n) is 6.52. The zero-order valence-corrected chi connectivity index (χ0v) is 14.8. The van der Waals surface area contributed by atoms with E-state index in [-0.39, 0.29) is 24.8 Å². The van der Waals surface area contributed by atoms with Crippen LogP contribution < -0.4 is 10.6 Å². The molecular formula is C15H33Cl2N3. The molecule has 2 rings (SSSR count). The SMILES string of the molecule is CN(C)C1(CNCC2CCCNC2)CCCCC1.Cl.Cl. The van der Waals surface area contributed by atoms with Crippen molar-refractivity contribution >= 4 is 24.8 Å². The van der Waals surface area contributed by atoms with Crippen molar-refractivity contribution in [3.05, 3.63) is 0 Å². The van der Waals surface area contributed by atoms with Crippen molar-refractivity contribution in [1.82, 2.24) is 15.5 Å². The van der Waals surface area contributed by atoms with Gasteiger partial charge in [-0.2, -0.15) is 0 Å². The van der Waals surface area contributed by atoms with Crippen LogP contribution in [0.3, 0.4) is 0 Å². The maximum atomic E-state index is 3.77. The van der Waals surface area contributed by atoms with Gasteiger partial charge in [0.2, 0.25) is 0 Å². The van der Waals surface area contributed by atoms with Crippen LogP contribution in [0.1, 0.15) is 44.9 Å². The van der Waals surface area contributed by atoms with E-state index < -0.39 is 0 Å². The lowest BCUT2D eigenvalue weighted by atomic mass is 9.80. The van der Waals surface area contributed by atoms with E-state index in [9.17, 15) is 0 Å². The maximum absolute atomic E-state index is 3.77. The molecule has 1 aliphatic heterocycles. The predicted molar refractivity (Wildman–Crippen MR) is 92.5 cm³/mol. The Labute approximate surface area is 137 Å². The van der Waals surface area contributed by atoms with Gasteiger partial charge in [0.1, 0.15) is 0 Å². The number of rotatable bonds is 5. The Kier molecular flexibility index (Phi) is 10.5. The average Bonchev–Trinajstić information content (AvgIpc) is 2.41. The first kappa shape index (κ1) is 20.5. The zero-order valence-electron chi connectivity index (χ0n) is 13.1. The fourth-order valence-corrected chi connectivity index (χ4v) is 3.60. The highest BCUT2D eigenvalue weighted by Crippen LogP contribution is 2.31. The van der Waals surface area contributed by atoms with Gasteiger partial charge < -0.3 is 15.5 Å². The van der Waals surface area contributed by atoms with Crippen molar-refractivity contribution in [2.75, 3.05) is 40.3 Å². The Morgan fingerprint density at radius 3 is 2.35 bits per heavy atom. The van der Waals surface area contributed by atoms with E-state index in [0.717, 1.165) is 5.92 Å². The first-order valence-corrected chi connectivity index (χ1v) is 7.82. The fraction of sp³-hybridized carbons (Fsp3) is 1.00. The third-order valence-corrected chi connectivity index (χ3v) is 5.02. The van der Waals surface area contributed by atoms with Gasteiger partial charge in [0, 0.05) is 12.1 Å². The Hall–Kier alpha value is 0.460. The number of nitrogens with zero attached hydrogens (tertiary/aromatic N) is 1. The summed E-state index contributed by atoms with van der Waals surface area (Å²) in [6.07, 6.45) is 9.74. The number of piperidine rings is 1. The molecule has 1 aliphatic carbocycles. The van der Waals surface area contributed by atoms with Gasteiger partial charge in [0.15, 0.2) is 0 Å². The van der Waals surface area contributed by atoms with Crippen LogP contribution in [0.2, 0.25) is 0 Å². The van der Waals surface area contributed by atoms with Crippen LogP contribution in [0.15, 0.2) is 0 Å². The summed E-state index contributed by atoms with van der Waals surface area (Å²) in [5.41, 5.74) is 0.431. The molecule has 1 atom stereocenters. The van der Waals surface area contributed by atoms with Crippen molar-refractivity contribution in [1.29, 1.82) is 0 Å². The lowest BCUT2D eigenvalue weighted by molar-refractivity contribution is 0.0970. The Morgan fingerprint density at radius 1 is 1.10 bits per heavy atom. The summed E-state index contributed by atoms with van der Waals surface area (Å²) in [6.45, 7) is 4.80. The highest BCUT2D eigenvalue weighted by atomic mass is 35.5. The fourth-order valence-electron chi connectivity index (χ4n) is 3.60. The molecule has 0 aromatic rings. The Balaban J connectivity index is 0.00000180. The minimum Gasteiger partial charge on any atom is -0.316 e. The molecule has 1 saturated carbocycles. The topological polar surface area (TPSA) is 27.3 Å². The predicted octanol–water partition coefficient (Wildman–Crippen LogP) is 2.68. The van der Waals surface area contributed by atoms with Crippen LogP contribution in [0.25, 0.3) is 0 Å². The highest BCUT2D eigenvalue weighted by Gasteiger charge is 2.33. The van der Waals surface area contributed by atoms with Crippen LogP contribution in [0, 0.1) is 5.92 Å². The molecule has 20 heavy (non-hydrogen) atoms. The van der Waals surface area contributed by atoms with Crippen LogP contribution in [-0.2, 0) is 0 Å². The van der Waals surface area contributed by atoms with Crippen molar-refractivity contribution < 1.29 is 0 Å². The molecule has 1 saturated heterocycles. The highest BCUT2D eigenvalue weighted by molar-refractivity contribution is 5.85. The third-order valence-electron chi connectivity index (χ3n) is 5.02. The quantitative estimate of drug-likeness (QED) is 0.813. The molecule has 3 nitrogen and oxygen atoms in total. The molecule has 0 aromatic heterocycles. The minimum atomic E-state index is 0. The summed E-state index contributed by atoms with van der Waals surface area (Å²) in [6, 6.07) is 0. The molecule has 122 valence electrons. The summed E-state index contributed by atoms with van der Waals surface area (Å²) >= 11 is 0. The zero-order chi connectivity index (χ0) is 12.8. The molecule has 2 fully saturated rings. The summed E-state index contributed by atoms with van der Waals surface area (Å²) < 4.78 is 0. The summed E-state index contributed by atoms with van der Waals surface area (Å²) in [5.74, 6) is 0.849. The lowest BCUT2D eigenvalue weighted by Crippen LogP contribution is -2.53. The molecule has 1 heterocycles. The molecule has 1 unspecified atom stereocenters. The van der Waals surface area contributed by atoms with E-state index in [0.29, 0.717) is 5.54 Å². The second-order valence-corrected chi connectivity index (χ2v) is 6.52. The van der Waals surface area contributed by atoms with E-state index in [1.807, 2.05) is 0 Å². The van der Waals surface area contributed by atoms with Gasteiger partial charge in [-0.25, -0.2) is 0 Å². The van der Waals surface area contributed by atoms with E-state index in [1.54, 1.807) is 0 Å². The van der Waals surface area contributed by atoms with Gasteiger partial charge in [-0.05, 0) is 65.3 Å². The number of hydrogen-bond donors (Lipinski definition) is 2. The van der Waals surface area contributed by atoms with Gasteiger partial charge in [-0.3, -0.25) is 0 Å². The van der Waals surface area contributed by atoms with Crippen LogP contribution in [0.5, 0.6) is 0 Å². The van der Waals surface area contributed by atoms with E-state index in [4.69, 9.17) is 0 Å². The Morgan fingerprint density at radius 2 is 1.80 bits per heavy atom. The monoisotopic (exact) mass is 325 g/mol. The molecule has 5 heteroatoms. The number of likely N-dealkylation sites (N-methyl/N-ethyl adjacent to an activating group) is 1. The largest absolute Gasteiger partial charge is 0.316 e. The van der Waals surface area contributed by atoms with Gasteiger partial charge in [-0.15, -0.1) is 24.8 Å². The van der Waals surface area contributed by atoms with Crippen molar-refractivity contribution in [2.24, 2.45) is 5.92 Å². The average molecular weight is 326 g/mol. The second kappa shape index (κ2) is 10.2. The van der Waals surface area contributed by atoms with Crippen LogP contribution >= 0.6 is 24.8 Å². The number of hydrogen-bond acceptors (Lipinski definition) is 3. The standard InChI is InChI=1S/C15H31N3.2ClH/c1-18(2)15(8-4-3-5-9-15)13-17-12-14-7-6-10-16-11-14;;/h14,16-17H,3-13H2,1-2H3;2*1H. The minimum absolute atomic E-state index is 0. The van der Waals surface area contributed by atoms with Crippen LogP contribution in [0.4, 0.5) is 0 Å². The molecule has 0 aromatic carbocycles. The molecule has 2 N–H and O–H groups in total. The van der Waals surface area contributed by atoms with Crippen molar-refractivity contribution in [3.8, 4) is 0 Å². The first-order valence-electron chi connectivity index (χ1n) is 7.82. The normalized spacial score (nSPS) is 25.6. The molecule has 0 bridgehead atoms. The molecule has 0 amide bonds. The lowest BCUT2D eigenvalue weighted by Gasteiger charge is -2.43.